The summed E-state index contributed by atoms with van der Waals surface area (Å²) in [4.78, 5) is 0. The number of phenols is 1. The minimum Gasteiger partial charge on any atom is -0.759 e. The van der Waals surface area contributed by atoms with Crippen molar-refractivity contribution in [1.29, 1.82) is 0 Å². The molecule has 1 aromatic carbocycles. The molecule has 0 spiro atoms. The van der Waals surface area contributed by atoms with Gasteiger partial charge in [-0.2, -0.15) is 0 Å². The Hall–Kier alpha value is 0.890. The number of rotatable bonds is 11. The van der Waals surface area contributed by atoms with E-state index >= 15 is 0 Å². The fraction of sp³-hybridized carbons (Fsp3) is 0.667. The largest absolute Gasteiger partial charge is 1.00 e. The van der Waals surface area contributed by atoms with Gasteiger partial charge in [0.1, 0.15) is 5.75 Å². The van der Waals surface area contributed by atoms with E-state index in [0.717, 1.165) is 12.0 Å². The van der Waals surface area contributed by atoms with Crippen LogP contribution in [0.4, 0.5) is 0 Å². The Morgan fingerprint density at radius 2 is 1.19 bits per heavy atom. The van der Waals surface area contributed by atoms with Crippen molar-refractivity contribution < 1.29 is 81.7 Å². The van der Waals surface area contributed by atoms with Gasteiger partial charge in [0, 0.05) is 10.4 Å². The van der Waals surface area contributed by atoms with Crippen molar-refractivity contribution >= 4 is 10.4 Å². The number of para-hydroxylation sites is 1. The van der Waals surface area contributed by atoms with Crippen molar-refractivity contribution in [3.05, 3.63) is 29.8 Å². The maximum absolute atomic E-state index is 9.65. The van der Waals surface area contributed by atoms with Gasteiger partial charge in [0.05, 0.1) is 0 Å². The van der Waals surface area contributed by atoms with Crippen LogP contribution in [0.3, 0.4) is 0 Å². The Kier molecular flexibility index (Phi) is 25.0. The van der Waals surface area contributed by atoms with Gasteiger partial charge in [0.15, 0.2) is 0 Å². The summed E-state index contributed by atoms with van der Waals surface area (Å²) < 4.78 is 34.1. The molecule has 0 bridgehead atoms. The van der Waals surface area contributed by atoms with E-state index < -0.39 is 10.4 Å². The van der Waals surface area contributed by atoms with E-state index in [1.165, 1.54) is 64.2 Å². The smallest absolute Gasteiger partial charge is 0.759 e. The predicted octanol–water partition coefficient (Wildman–Crippen LogP) is -1.47. The second-order valence-electron chi connectivity index (χ2n) is 5.97. The molecule has 1 N–H and O–H groups in total. The fourth-order valence-corrected chi connectivity index (χ4v) is 2.53. The molecule has 0 aromatic heterocycles. The fourth-order valence-electron chi connectivity index (χ4n) is 2.53. The van der Waals surface area contributed by atoms with E-state index in [-0.39, 0.29) is 59.1 Å². The molecular formula is C18H30Na2O5S. The molecular weight excluding hydrogens is 374 g/mol. The molecule has 0 heterocycles. The van der Waals surface area contributed by atoms with E-state index in [1.807, 2.05) is 18.2 Å². The summed E-state index contributed by atoms with van der Waals surface area (Å²) in [6, 6.07) is 7.71. The second-order valence-corrected chi connectivity index (χ2v) is 6.79. The van der Waals surface area contributed by atoms with Crippen LogP contribution in [0.2, 0.25) is 0 Å². The topological polar surface area (TPSA) is 100 Å². The van der Waals surface area contributed by atoms with Crippen molar-refractivity contribution in [2.45, 2.75) is 77.6 Å². The Morgan fingerprint density at radius 3 is 1.62 bits per heavy atom. The van der Waals surface area contributed by atoms with Crippen LogP contribution in [0.1, 0.15) is 76.7 Å². The zero-order valence-electron chi connectivity index (χ0n) is 16.6. The van der Waals surface area contributed by atoms with Crippen molar-refractivity contribution in [3.8, 4) is 5.75 Å². The summed E-state index contributed by atoms with van der Waals surface area (Å²) >= 11 is 0. The van der Waals surface area contributed by atoms with Gasteiger partial charge in [-0.15, -0.1) is 0 Å². The van der Waals surface area contributed by atoms with Crippen LogP contribution in [0.5, 0.6) is 5.75 Å². The first kappa shape index (κ1) is 31.6. The third-order valence-electron chi connectivity index (χ3n) is 3.79. The number of aryl methyl sites for hydroxylation is 1. The zero-order valence-corrected chi connectivity index (χ0v) is 21.4. The first-order chi connectivity index (χ1) is 11.3. The van der Waals surface area contributed by atoms with Gasteiger partial charge in [0.2, 0.25) is 0 Å². The third kappa shape index (κ3) is 24.9. The number of phenolic OH excluding ortho intramolecular Hbond substituents is 1. The monoisotopic (exact) mass is 404 g/mol. The van der Waals surface area contributed by atoms with Crippen LogP contribution < -0.4 is 59.1 Å². The maximum Gasteiger partial charge on any atom is 1.00 e. The summed E-state index contributed by atoms with van der Waals surface area (Å²) in [6.45, 7) is 2.27. The predicted molar refractivity (Wildman–Crippen MR) is 94.1 cm³/mol. The molecule has 0 amide bonds. The van der Waals surface area contributed by atoms with Crippen LogP contribution in [-0.4, -0.2) is 22.6 Å². The zero-order chi connectivity index (χ0) is 18.3. The minimum absolute atomic E-state index is 0. The average molecular weight is 404 g/mol. The first-order valence-electron chi connectivity index (χ1n) is 8.78. The summed E-state index contributed by atoms with van der Waals surface area (Å²) in [5, 5.41) is 9.65. The van der Waals surface area contributed by atoms with Crippen molar-refractivity contribution in [2.24, 2.45) is 0 Å². The molecule has 5 nitrogen and oxygen atoms in total. The van der Waals surface area contributed by atoms with Crippen LogP contribution in [0.25, 0.3) is 0 Å². The quantitative estimate of drug-likeness (QED) is 0.210. The Bertz CT molecular complexity index is 516. The molecule has 1 rings (SSSR count). The van der Waals surface area contributed by atoms with Crippen LogP contribution in [0, 0.1) is 0 Å². The van der Waals surface area contributed by atoms with E-state index in [1.54, 1.807) is 6.07 Å². The van der Waals surface area contributed by atoms with E-state index in [2.05, 4.69) is 6.92 Å². The molecule has 0 unspecified atom stereocenters. The number of unbranched alkanes of at least 4 members (excludes halogenated alkanes) is 9. The second kappa shape index (κ2) is 20.6. The standard InChI is InChI=1S/C18H30O.2Na.H2O4S/c1-2-3-4-5-6-7-8-9-10-11-14-17-15-12-13-16-18(17)19;;;1-5(2,3)4/h12-13,15-16,19H,2-11,14H2,1H3;;;(H2,1,2,3,4)/q;2*+1;/p-2. The summed E-state index contributed by atoms with van der Waals surface area (Å²) in [5.74, 6) is 0.457. The molecule has 26 heavy (non-hydrogen) atoms. The van der Waals surface area contributed by atoms with Crippen molar-refractivity contribution in [2.75, 3.05) is 0 Å². The molecule has 1 aromatic rings. The van der Waals surface area contributed by atoms with Gasteiger partial charge in [-0.3, -0.25) is 8.42 Å². The molecule has 0 radical (unpaired) electrons. The molecule has 0 aliphatic heterocycles. The van der Waals surface area contributed by atoms with E-state index in [9.17, 15) is 5.11 Å². The molecule has 0 saturated heterocycles. The molecule has 0 saturated carbocycles. The van der Waals surface area contributed by atoms with E-state index in [0.29, 0.717) is 5.75 Å². The van der Waals surface area contributed by atoms with Crippen LogP contribution >= 0.6 is 0 Å². The Labute approximate surface area is 203 Å². The van der Waals surface area contributed by atoms with E-state index in [4.69, 9.17) is 17.5 Å². The van der Waals surface area contributed by atoms with Crippen LogP contribution in [-0.2, 0) is 16.8 Å². The maximum atomic E-state index is 9.65. The molecule has 0 aliphatic carbocycles. The van der Waals surface area contributed by atoms with Gasteiger partial charge in [-0.05, 0) is 24.5 Å². The number of benzene rings is 1. The minimum atomic E-state index is -5.17. The molecule has 8 heteroatoms. The number of hydrogen-bond donors (Lipinski definition) is 1. The first-order valence-corrected chi connectivity index (χ1v) is 10.1. The average Bonchev–Trinajstić information content (AvgIpc) is 2.49. The summed E-state index contributed by atoms with van der Waals surface area (Å²) in [6.07, 6.45) is 14.6. The number of hydrogen-bond acceptors (Lipinski definition) is 5. The Morgan fingerprint density at radius 1 is 0.808 bits per heavy atom. The normalized spacial score (nSPS) is 10.1. The van der Waals surface area contributed by atoms with Gasteiger partial charge in [-0.25, -0.2) is 0 Å². The van der Waals surface area contributed by atoms with Gasteiger partial charge < -0.3 is 14.2 Å². The SMILES string of the molecule is CCCCCCCCCCCCc1ccccc1O.O=S(=O)([O-])[O-].[Na+].[Na+]. The van der Waals surface area contributed by atoms with Gasteiger partial charge >= 0.3 is 59.1 Å². The Balaban J connectivity index is -0.000000668. The van der Waals surface area contributed by atoms with Gasteiger partial charge in [0.25, 0.3) is 0 Å². The molecule has 140 valence electrons. The van der Waals surface area contributed by atoms with Crippen LogP contribution in [0.15, 0.2) is 24.3 Å². The number of aromatic hydroxyl groups is 1. The third-order valence-corrected chi connectivity index (χ3v) is 3.79. The van der Waals surface area contributed by atoms with Gasteiger partial charge in [-0.1, -0.05) is 82.9 Å². The molecule has 0 atom stereocenters. The van der Waals surface area contributed by atoms with Crippen molar-refractivity contribution in [3.63, 3.8) is 0 Å². The molecule has 0 aliphatic rings. The summed E-state index contributed by atoms with van der Waals surface area (Å²) in [5.41, 5.74) is 1.10. The summed E-state index contributed by atoms with van der Waals surface area (Å²) in [7, 11) is -5.17. The molecule has 0 fully saturated rings. The van der Waals surface area contributed by atoms with Crippen molar-refractivity contribution in [1.82, 2.24) is 0 Å².